The third kappa shape index (κ3) is 4.14. The minimum absolute atomic E-state index is 0.0137. The molecule has 3 unspecified atom stereocenters. The number of carbonyl (C=O) groups is 1. The van der Waals surface area contributed by atoms with Gasteiger partial charge in [-0.3, -0.25) is 4.79 Å². The summed E-state index contributed by atoms with van der Waals surface area (Å²) in [7, 11) is 0. The largest absolute Gasteiger partial charge is 0.435 e. The lowest BCUT2D eigenvalue weighted by atomic mass is 9.96. The zero-order valence-corrected chi connectivity index (χ0v) is 12.1. The van der Waals surface area contributed by atoms with E-state index in [1.807, 2.05) is 13.8 Å². The molecule has 2 rings (SSSR count). The van der Waals surface area contributed by atoms with Crippen molar-refractivity contribution in [2.75, 3.05) is 13.1 Å². The second kappa shape index (κ2) is 6.85. The van der Waals surface area contributed by atoms with Crippen LogP contribution in [-0.4, -0.2) is 25.6 Å². The van der Waals surface area contributed by atoms with E-state index in [1.165, 1.54) is 12.1 Å². The van der Waals surface area contributed by atoms with Crippen molar-refractivity contribution in [2.24, 2.45) is 11.8 Å². The number of hydrogen-bond acceptors (Lipinski definition) is 3. The molecule has 0 spiro atoms. The van der Waals surface area contributed by atoms with E-state index in [-0.39, 0.29) is 23.6 Å². The van der Waals surface area contributed by atoms with Crippen LogP contribution in [0.25, 0.3) is 0 Å². The summed E-state index contributed by atoms with van der Waals surface area (Å²) in [4.78, 5) is 12.2. The molecule has 1 aromatic carbocycles. The first-order chi connectivity index (χ1) is 9.97. The molecule has 116 valence electrons. The molecule has 0 aromatic heterocycles. The topological polar surface area (TPSA) is 50.4 Å². The first kappa shape index (κ1) is 15.7. The number of carbonyl (C=O) groups excluding carboxylic acids is 1. The van der Waals surface area contributed by atoms with Crippen LogP contribution in [0.15, 0.2) is 24.3 Å². The number of halogens is 2. The molecule has 4 nitrogen and oxygen atoms in total. The van der Waals surface area contributed by atoms with Gasteiger partial charge in [-0.15, -0.1) is 0 Å². The van der Waals surface area contributed by atoms with Gasteiger partial charge in [0.15, 0.2) is 0 Å². The zero-order chi connectivity index (χ0) is 15.4. The average molecular weight is 298 g/mol. The first-order valence-electron chi connectivity index (χ1n) is 7.03. The standard InChI is InChI=1S/C15H20F2N2O2/c1-9-7-18-8-13(9)14(20)19-10(2)11-4-3-5-12(6-11)21-15(16)17/h3-6,9-10,13,15,18H,7-8H2,1-2H3,(H,19,20). The molecule has 1 aliphatic rings. The van der Waals surface area contributed by atoms with Gasteiger partial charge in [-0.1, -0.05) is 19.1 Å². The van der Waals surface area contributed by atoms with Crippen molar-refractivity contribution in [3.63, 3.8) is 0 Å². The molecule has 1 aliphatic heterocycles. The summed E-state index contributed by atoms with van der Waals surface area (Å²) >= 11 is 0. The summed E-state index contributed by atoms with van der Waals surface area (Å²) < 4.78 is 28.8. The van der Waals surface area contributed by atoms with E-state index in [2.05, 4.69) is 15.4 Å². The van der Waals surface area contributed by atoms with Gasteiger partial charge in [0.2, 0.25) is 5.91 Å². The summed E-state index contributed by atoms with van der Waals surface area (Å²) in [6.07, 6.45) is 0. The lowest BCUT2D eigenvalue weighted by Crippen LogP contribution is -2.35. The Bertz CT molecular complexity index is 496. The van der Waals surface area contributed by atoms with Crippen LogP contribution in [0.4, 0.5) is 8.78 Å². The predicted molar refractivity (Wildman–Crippen MR) is 75.2 cm³/mol. The van der Waals surface area contributed by atoms with E-state index in [4.69, 9.17) is 0 Å². The number of amides is 1. The van der Waals surface area contributed by atoms with Gasteiger partial charge in [0.1, 0.15) is 5.75 Å². The van der Waals surface area contributed by atoms with E-state index in [9.17, 15) is 13.6 Å². The Kier molecular flexibility index (Phi) is 5.12. The molecule has 1 amide bonds. The molecule has 1 heterocycles. The minimum atomic E-state index is -2.85. The van der Waals surface area contributed by atoms with Crippen molar-refractivity contribution in [3.8, 4) is 5.75 Å². The van der Waals surface area contributed by atoms with Gasteiger partial charge in [0.05, 0.1) is 12.0 Å². The molecule has 0 saturated carbocycles. The minimum Gasteiger partial charge on any atom is -0.435 e. The van der Waals surface area contributed by atoms with E-state index >= 15 is 0 Å². The fourth-order valence-electron chi connectivity index (χ4n) is 2.52. The first-order valence-corrected chi connectivity index (χ1v) is 7.03. The van der Waals surface area contributed by atoms with Crippen LogP contribution in [0.1, 0.15) is 25.5 Å². The lowest BCUT2D eigenvalue weighted by Gasteiger charge is -2.19. The molecule has 3 atom stereocenters. The van der Waals surface area contributed by atoms with Crippen molar-refractivity contribution in [1.82, 2.24) is 10.6 Å². The molecule has 21 heavy (non-hydrogen) atoms. The quantitative estimate of drug-likeness (QED) is 0.877. The smallest absolute Gasteiger partial charge is 0.387 e. The number of hydrogen-bond donors (Lipinski definition) is 2. The maximum atomic E-state index is 12.2. The highest BCUT2D eigenvalue weighted by Gasteiger charge is 2.30. The lowest BCUT2D eigenvalue weighted by molar-refractivity contribution is -0.126. The summed E-state index contributed by atoms with van der Waals surface area (Å²) in [5.41, 5.74) is 0.736. The van der Waals surface area contributed by atoms with Crippen LogP contribution in [0.5, 0.6) is 5.75 Å². The molecule has 1 fully saturated rings. The van der Waals surface area contributed by atoms with Crippen LogP contribution in [-0.2, 0) is 4.79 Å². The maximum Gasteiger partial charge on any atom is 0.387 e. The van der Waals surface area contributed by atoms with Gasteiger partial charge in [0, 0.05) is 6.54 Å². The Balaban J connectivity index is 1.99. The van der Waals surface area contributed by atoms with Gasteiger partial charge in [-0.2, -0.15) is 8.78 Å². The Hall–Kier alpha value is -1.69. The average Bonchev–Trinajstić information content (AvgIpc) is 2.84. The van der Waals surface area contributed by atoms with Crippen LogP contribution in [0, 0.1) is 11.8 Å². The van der Waals surface area contributed by atoms with Crippen molar-refractivity contribution in [2.45, 2.75) is 26.5 Å². The summed E-state index contributed by atoms with van der Waals surface area (Å²) in [6.45, 7) is 2.52. The highest BCUT2D eigenvalue weighted by atomic mass is 19.3. The molecule has 0 radical (unpaired) electrons. The number of rotatable bonds is 5. The van der Waals surface area contributed by atoms with Crippen molar-refractivity contribution in [3.05, 3.63) is 29.8 Å². The van der Waals surface area contributed by atoms with Gasteiger partial charge < -0.3 is 15.4 Å². The predicted octanol–water partition coefficient (Wildman–Crippen LogP) is 2.32. The fraction of sp³-hybridized carbons (Fsp3) is 0.533. The maximum absolute atomic E-state index is 12.2. The van der Waals surface area contributed by atoms with Gasteiger partial charge in [0.25, 0.3) is 0 Å². The third-order valence-electron chi connectivity index (χ3n) is 3.80. The molecule has 1 saturated heterocycles. The molecule has 0 aliphatic carbocycles. The van der Waals surface area contributed by atoms with E-state index < -0.39 is 6.61 Å². The van der Waals surface area contributed by atoms with Crippen LogP contribution < -0.4 is 15.4 Å². The number of alkyl halides is 2. The number of nitrogens with one attached hydrogen (secondary N) is 2. The molecular weight excluding hydrogens is 278 g/mol. The molecule has 6 heteroatoms. The number of benzene rings is 1. The number of ether oxygens (including phenoxy) is 1. The monoisotopic (exact) mass is 298 g/mol. The summed E-state index contributed by atoms with van der Waals surface area (Å²) in [5.74, 6) is 0.332. The Labute approximate surface area is 122 Å². The Morgan fingerprint density at radius 1 is 1.43 bits per heavy atom. The van der Waals surface area contributed by atoms with Crippen molar-refractivity contribution in [1.29, 1.82) is 0 Å². The highest BCUT2D eigenvalue weighted by molar-refractivity contribution is 5.80. The normalized spacial score (nSPS) is 23.1. The highest BCUT2D eigenvalue weighted by Crippen LogP contribution is 2.22. The second-order valence-electron chi connectivity index (χ2n) is 5.42. The summed E-state index contributed by atoms with van der Waals surface area (Å²) in [5, 5.41) is 6.11. The summed E-state index contributed by atoms with van der Waals surface area (Å²) in [6, 6.07) is 6.14. The molecule has 0 bridgehead atoms. The molecule has 2 N–H and O–H groups in total. The van der Waals surface area contributed by atoms with E-state index in [0.29, 0.717) is 12.5 Å². The van der Waals surface area contributed by atoms with Gasteiger partial charge in [-0.05, 0) is 37.1 Å². The van der Waals surface area contributed by atoms with Crippen molar-refractivity contribution >= 4 is 5.91 Å². The van der Waals surface area contributed by atoms with E-state index in [1.54, 1.807) is 12.1 Å². The Morgan fingerprint density at radius 3 is 2.81 bits per heavy atom. The second-order valence-corrected chi connectivity index (χ2v) is 5.42. The van der Waals surface area contributed by atoms with Crippen LogP contribution in [0.3, 0.4) is 0 Å². The SMILES string of the molecule is CC(NC(=O)C1CNCC1C)c1cccc(OC(F)F)c1. The zero-order valence-electron chi connectivity index (χ0n) is 12.1. The van der Waals surface area contributed by atoms with Crippen LogP contribution >= 0.6 is 0 Å². The fourth-order valence-corrected chi connectivity index (χ4v) is 2.52. The van der Waals surface area contributed by atoms with Crippen molar-refractivity contribution < 1.29 is 18.3 Å². The van der Waals surface area contributed by atoms with Crippen LogP contribution in [0.2, 0.25) is 0 Å². The van der Waals surface area contributed by atoms with Gasteiger partial charge in [-0.25, -0.2) is 0 Å². The van der Waals surface area contributed by atoms with Gasteiger partial charge >= 0.3 is 6.61 Å². The third-order valence-corrected chi connectivity index (χ3v) is 3.80. The Morgan fingerprint density at radius 2 is 2.19 bits per heavy atom. The molecule has 1 aromatic rings. The van der Waals surface area contributed by atoms with E-state index in [0.717, 1.165) is 12.1 Å². The molecular formula is C15H20F2N2O2.